The molecule has 30 heavy (non-hydrogen) atoms. The number of aromatic nitrogens is 2. The Labute approximate surface area is 178 Å². The molecular formula is C25H30N4O. The number of anilines is 2. The quantitative estimate of drug-likeness (QED) is 0.628. The van der Waals surface area contributed by atoms with Crippen molar-refractivity contribution in [2.45, 2.75) is 47.2 Å². The molecule has 2 aromatic carbocycles. The normalized spacial score (nSPS) is 14.1. The van der Waals surface area contributed by atoms with Gasteiger partial charge in [0.25, 0.3) is 5.56 Å². The van der Waals surface area contributed by atoms with Crippen molar-refractivity contribution in [3.05, 3.63) is 86.8 Å². The van der Waals surface area contributed by atoms with Gasteiger partial charge in [0.2, 0.25) is 5.95 Å². The first-order chi connectivity index (χ1) is 14.5. The van der Waals surface area contributed by atoms with Crippen LogP contribution in [0.4, 0.5) is 11.6 Å². The molecule has 5 heteroatoms. The first kappa shape index (κ1) is 20.4. The van der Waals surface area contributed by atoms with Crippen LogP contribution in [-0.4, -0.2) is 27.7 Å². The molecule has 0 atom stereocenters. The van der Waals surface area contributed by atoms with E-state index >= 15 is 0 Å². The largest absolute Gasteiger partial charge is 0.298 e. The molecule has 1 aliphatic heterocycles. The molecule has 156 valence electrons. The third-order valence-electron chi connectivity index (χ3n) is 5.78. The van der Waals surface area contributed by atoms with Crippen molar-refractivity contribution in [3.63, 3.8) is 0 Å². The minimum atomic E-state index is 0.0666. The molecule has 4 rings (SSSR count). The summed E-state index contributed by atoms with van der Waals surface area (Å²) in [5.41, 5.74) is 6.33. The molecule has 0 saturated heterocycles. The molecule has 5 nitrogen and oxygen atoms in total. The van der Waals surface area contributed by atoms with Gasteiger partial charge in [-0.1, -0.05) is 55.0 Å². The van der Waals surface area contributed by atoms with Gasteiger partial charge in [0.15, 0.2) is 0 Å². The van der Waals surface area contributed by atoms with Crippen LogP contribution in [0.2, 0.25) is 0 Å². The lowest BCUT2D eigenvalue weighted by molar-refractivity contribution is 0.198. The van der Waals surface area contributed by atoms with Gasteiger partial charge in [0.1, 0.15) is 0 Å². The smallest absolute Gasteiger partial charge is 0.259 e. The van der Waals surface area contributed by atoms with Crippen molar-refractivity contribution in [1.29, 1.82) is 0 Å². The van der Waals surface area contributed by atoms with Gasteiger partial charge in [-0.3, -0.25) is 19.2 Å². The van der Waals surface area contributed by atoms with E-state index in [-0.39, 0.29) is 5.56 Å². The first-order valence-electron chi connectivity index (χ1n) is 10.7. The van der Waals surface area contributed by atoms with E-state index in [1.807, 2.05) is 29.7 Å². The molecule has 3 aromatic rings. The third kappa shape index (κ3) is 3.90. The minimum absolute atomic E-state index is 0.0666. The van der Waals surface area contributed by atoms with Crippen LogP contribution in [0.3, 0.4) is 0 Å². The highest BCUT2D eigenvalue weighted by atomic mass is 16.1. The van der Waals surface area contributed by atoms with Crippen LogP contribution in [-0.2, 0) is 13.1 Å². The maximum atomic E-state index is 13.6. The Kier molecular flexibility index (Phi) is 5.73. The highest BCUT2D eigenvalue weighted by molar-refractivity contribution is 5.63. The summed E-state index contributed by atoms with van der Waals surface area (Å²) in [6.45, 7) is 10.6. The lowest BCUT2D eigenvalue weighted by Crippen LogP contribution is -2.48. The van der Waals surface area contributed by atoms with Crippen LogP contribution in [0, 0.1) is 20.8 Å². The van der Waals surface area contributed by atoms with Gasteiger partial charge < -0.3 is 0 Å². The monoisotopic (exact) mass is 402 g/mol. The summed E-state index contributed by atoms with van der Waals surface area (Å²) in [6.07, 6.45) is 1.65. The maximum absolute atomic E-state index is 13.6. The summed E-state index contributed by atoms with van der Waals surface area (Å²) >= 11 is 0. The summed E-state index contributed by atoms with van der Waals surface area (Å²) < 4.78 is 1.85. The Balaban J connectivity index is 1.83. The average Bonchev–Trinajstić information content (AvgIpc) is 2.72. The highest BCUT2D eigenvalue weighted by Gasteiger charge is 2.28. The molecule has 1 aliphatic rings. The number of hydrogen-bond donors (Lipinski definition) is 0. The van der Waals surface area contributed by atoms with Crippen LogP contribution in [0.1, 0.15) is 41.3 Å². The van der Waals surface area contributed by atoms with Gasteiger partial charge in [-0.25, -0.2) is 4.98 Å². The van der Waals surface area contributed by atoms with Crippen LogP contribution in [0.5, 0.6) is 0 Å². The highest BCUT2D eigenvalue weighted by Crippen LogP contribution is 2.31. The Hall–Kier alpha value is -2.92. The molecule has 0 saturated carbocycles. The predicted octanol–water partition coefficient (Wildman–Crippen LogP) is 4.54. The third-order valence-corrected chi connectivity index (χ3v) is 5.78. The second-order valence-corrected chi connectivity index (χ2v) is 8.27. The van der Waals surface area contributed by atoms with E-state index in [1.165, 1.54) is 11.1 Å². The fraction of sp³-hybridized carbons (Fsp3) is 0.360. The molecule has 0 unspecified atom stereocenters. The molecule has 0 radical (unpaired) electrons. The fourth-order valence-corrected chi connectivity index (χ4v) is 4.28. The SMILES string of the molecule is CCCN1CN(c2ccc(C)cc2C)c2nc(C)c(Cc3ccccc3)c(=O)n2C1. The lowest BCUT2D eigenvalue weighted by atomic mass is 10.0. The second kappa shape index (κ2) is 8.44. The summed E-state index contributed by atoms with van der Waals surface area (Å²) in [5.74, 6) is 0.744. The Morgan fingerprint density at radius 2 is 1.77 bits per heavy atom. The number of rotatable bonds is 5. The average molecular weight is 403 g/mol. The van der Waals surface area contributed by atoms with Crippen molar-refractivity contribution in [2.75, 3.05) is 18.1 Å². The van der Waals surface area contributed by atoms with Crippen molar-refractivity contribution in [2.24, 2.45) is 0 Å². The molecule has 1 aromatic heterocycles. The van der Waals surface area contributed by atoms with Crippen LogP contribution in [0.25, 0.3) is 0 Å². The van der Waals surface area contributed by atoms with E-state index in [4.69, 9.17) is 4.98 Å². The lowest BCUT2D eigenvalue weighted by Gasteiger charge is -2.39. The zero-order valence-corrected chi connectivity index (χ0v) is 18.4. The van der Waals surface area contributed by atoms with E-state index in [9.17, 15) is 4.79 Å². The molecular weight excluding hydrogens is 372 g/mol. The van der Waals surface area contributed by atoms with E-state index in [0.717, 1.165) is 48.1 Å². The van der Waals surface area contributed by atoms with Gasteiger partial charge in [-0.05, 0) is 44.4 Å². The molecule has 0 fully saturated rings. The molecule has 0 bridgehead atoms. The zero-order valence-electron chi connectivity index (χ0n) is 18.4. The van der Waals surface area contributed by atoms with Crippen molar-refractivity contribution in [3.8, 4) is 0 Å². The zero-order chi connectivity index (χ0) is 21.3. The van der Waals surface area contributed by atoms with E-state index in [2.05, 4.69) is 60.9 Å². The van der Waals surface area contributed by atoms with Crippen molar-refractivity contribution >= 4 is 11.6 Å². The summed E-state index contributed by atoms with van der Waals surface area (Å²) in [5, 5.41) is 0. The van der Waals surface area contributed by atoms with Gasteiger partial charge >= 0.3 is 0 Å². The summed E-state index contributed by atoms with van der Waals surface area (Å²) in [7, 11) is 0. The number of fused-ring (bicyclic) bond motifs is 1. The number of benzene rings is 2. The first-order valence-corrected chi connectivity index (χ1v) is 10.7. The fourth-order valence-electron chi connectivity index (χ4n) is 4.28. The van der Waals surface area contributed by atoms with Gasteiger partial charge in [-0.15, -0.1) is 0 Å². The number of aryl methyl sites for hydroxylation is 3. The summed E-state index contributed by atoms with van der Waals surface area (Å²) in [6, 6.07) is 16.6. The van der Waals surface area contributed by atoms with E-state index < -0.39 is 0 Å². The van der Waals surface area contributed by atoms with Gasteiger partial charge in [-0.2, -0.15) is 0 Å². The molecule has 2 heterocycles. The molecule has 0 N–H and O–H groups in total. The predicted molar refractivity (Wildman–Crippen MR) is 122 cm³/mol. The van der Waals surface area contributed by atoms with Crippen LogP contribution in [0.15, 0.2) is 53.3 Å². The molecule has 0 spiro atoms. The topological polar surface area (TPSA) is 41.4 Å². The molecule has 0 amide bonds. The summed E-state index contributed by atoms with van der Waals surface area (Å²) in [4.78, 5) is 23.0. The minimum Gasteiger partial charge on any atom is -0.298 e. The van der Waals surface area contributed by atoms with Crippen molar-refractivity contribution in [1.82, 2.24) is 14.5 Å². The standard InChI is InChI=1S/C25H30N4O/c1-5-13-27-16-28(23-12-11-18(2)14-19(23)3)25-26-20(4)22(24(30)29(25)17-27)15-21-9-7-6-8-10-21/h6-12,14H,5,13,15-17H2,1-4H3. The van der Waals surface area contributed by atoms with Gasteiger partial charge in [0, 0.05) is 24.2 Å². The van der Waals surface area contributed by atoms with Crippen molar-refractivity contribution < 1.29 is 0 Å². The van der Waals surface area contributed by atoms with Gasteiger partial charge in [0.05, 0.1) is 19.0 Å². The maximum Gasteiger partial charge on any atom is 0.259 e. The Morgan fingerprint density at radius 3 is 2.47 bits per heavy atom. The number of nitrogens with zero attached hydrogens (tertiary/aromatic N) is 4. The second-order valence-electron chi connectivity index (χ2n) is 8.27. The van der Waals surface area contributed by atoms with E-state index in [1.54, 1.807) is 0 Å². The Morgan fingerprint density at radius 1 is 1.00 bits per heavy atom. The van der Waals surface area contributed by atoms with E-state index in [0.29, 0.717) is 13.1 Å². The van der Waals surface area contributed by atoms with Crippen LogP contribution >= 0.6 is 0 Å². The van der Waals surface area contributed by atoms with Crippen LogP contribution < -0.4 is 10.5 Å². The Bertz CT molecular complexity index is 1100. The number of hydrogen-bond acceptors (Lipinski definition) is 4. The molecule has 0 aliphatic carbocycles.